The molecule has 1 fully saturated rings. The molecule has 0 spiro atoms. The second kappa shape index (κ2) is 9.34. The molecule has 0 saturated carbocycles. The zero-order valence-corrected chi connectivity index (χ0v) is 18.4. The zero-order chi connectivity index (χ0) is 21.9. The monoisotopic (exact) mass is 474 g/mol. The van der Waals surface area contributed by atoms with Crippen LogP contribution in [0.25, 0.3) is 0 Å². The first-order chi connectivity index (χ1) is 14.2. The van der Waals surface area contributed by atoms with E-state index in [-0.39, 0.29) is 26.4 Å². The summed E-state index contributed by atoms with van der Waals surface area (Å²) in [6.07, 6.45) is 3.74. The summed E-state index contributed by atoms with van der Waals surface area (Å²) < 4.78 is 33.6. The summed E-state index contributed by atoms with van der Waals surface area (Å²) in [5, 5.41) is 6.09. The van der Waals surface area contributed by atoms with Crippen molar-refractivity contribution in [2.75, 3.05) is 25.5 Å². The molecule has 30 heavy (non-hydrogen) atoms. The number of hydrogen-bond donors (Lipinski definition) is 1. The number of piperidine rings is 1. The van der Waals surface area contributed by atoms with Crippen molar-refractivity contribution in [3.63, 3.8) is 0 Å². The summed E-state index contributed by atoms with van der Waals surface area (Å²) in [6.45, 7) is 0.456. The molecule has 1 N–H and O–H groups in total. The second-order valence-electron chi connectivity index (χ2n) is 6.65. The Balaban J connectivity index is 1.83. The van der Waals surface area contributed by atoms with Gasteiger partial charge < -0.3 is 10.1 Å². The van der Waals surface area contributed by atoms with Gasteiger partial charge in [0.15, 0.2) is 0 Å². The van der Waals surface area contributed by atoms with Crippen molar-refractivity contribution in [3.05, 3.63) is 44.8 Å². The van der Waals surface area contributed by atoms with Crippen LogP contribution in [-0.4, -0.2) is 48.6 Å². The van der Waals surface area contributed by atoms with Crippen LogP contribution in [0.2, 0.25) is 10.0 Å². The van der Waals surface area contributed by atoms with Crippen molar-refractivity contribution in [1.29, 1.82) is 0 Å². The number of methoxy groups -OCH3 is 1. The average Bonchev–Trinajstić information content (AvgIpc) is 2.74. The standard InChI is InChI=1S/C18H20Cl2N4O5S/c1-29-14-6-5-12(9-15(14)30(27,28)23-7-3-2-4-8-23)22-16(25)11-24-18(26)17(20)13(19)10-21-24/h5-6,9-10H,2-4,7-8,11H2,1H3,(H,22,25). The van der Waals surface area contributed by atoms with Gasteiger partial charge >= 0.3 is 0 Å². The van der Waals surface area contributed by atoms with Gasteiger partial charge in [-0.3, -0.25) is 9.59 Å². The summed E-state index contributed by atoms with van der Waals surface area (Å²) in [5.41, 5.74) is -0.466. The number of carbonyl (C=O) groups excluding carboxylic acids is 1. The molecule has 162 valence electrons. The number of nitrogens with zero attached hydrogens (tertiary/aromatic N) is 3. The minimum absolute atomic E-state index is 0.0129. The van der Waals surface area contributed by atoms with Crippen LogP contribution >= 0.6 is 23.2 Å². The molecule has 1 amide bonds. The predicted molar refractivity (Wildman–Crippen MR) is 113 cm³/mol. The van der Waals surface area contributed by atoms with Crippen molar-refractivity contribution < 1.29 is 17.9 Å². The van der Waals surface area contributed by atoms with Crippen LogP contribution in [0.4, 0.5) is 5.69 Å². The molecule has 12 heteroatoms. The van der Waals surface area contributed by atoms with Gasteiger partial charge in [0, 0.05) is 18.8 Å². The molecule has 1 aliphatic rings. The highest BCUT2D eigenvalue weighted by Crippen LogP contribution is 2.31. The molecule has 0 bridgehead atoms. The molecular formula is C18H20Cl2N4O5S. The first kappa shape index (κ1) is 22.5. The number of ether oxygens (including phenoxy) is 1. The Labute approximate surface area is 183 Å². The Kier molecular flexibility index (Phi) is 7.02. The van der Waals surface area contributed by atoms with E-state index in [1.165, 1.54) is 29.6 Å². The quantitative estimate of drug-likeness (QED) is 0.687. The lowest BCUT2D eigenvalue weighted by atomic mass is 10.2. The van der Waals surface area contributed by atoms with Gasteiger partial charge in [-0.25, -0.2) is 13.1 Å². The number of halogens is 2. The van der Waals surface area contributed by atoms with Crippen LogP contribution in [-0.2, 0) is 21.4 Å². The lowest BCUT2D eigenvalue weighted by Gasteiger charge is -2.26. The van der Waals surface area contributed by atoms with Crippen LogP contribution in [0.5, 0.6) is 5.75 Å². The predicted octanol–water partition coefficient (Wildman–Crippen LogP) is 2.37. The third-order valence-corrected chi connectivity index (χ3v) is 7.28. The molecule has 1 aromatic heterocycles. The number of rotatable bonds is 6. The lowest BCUT2D eigenvalue weighted by Crippen LogP contribution is -2.35. The number of sulfonamides is 1. The Morgan fingerprint density at radius 1 is 1.23 bits per heavy atom. The van der Waals surface area contributed by atoms with Crippen molar-refractivity contribution in [3.8, 4) is 5.75 Å². The van der Waals surface area contributed by atoms with Gasteiger partial charge in [0.1, 0.15) is 22.2 Å². The first-order valence-corrected chi connectivity index (χ1v) is 11.3. The maximum Gasteiger partial charge on any atom is 0.287 e. The third-order valence-electron chi connectivity index (χ3n) is 4.62. The lowest BCUT2D eigenvalue weighted by molar-refractivity contribution is -0.117. The van der Waals surface area contributed by atoms with E-state index >= 15 is 0 Å². The Morgan fingerprint density at radius 3 is 2.60 bits per heavy atom. The van der Waals surface area contributed by atoms with Gasteiger partial charge in [0.25, 0.3) is 5.56 Å². The maximum absolute atomic E-state index is 13.1. The van der Waals surface area contributed by atoms with E-state index in [1.54, 1.807) is 0 Å². The maximum atomic E-state index is 13.1. The molecule has 2 aromatic rings. The van der Waals surface area contributed by atoms with E-state index in [0.29, 0.717) is 13.1 Å². The van der Waals surface area contributed by atoms with E-state index in [0.717, 1.165) is 30.1 Å². The highest BCUT2D eigenvalue weighted by atomic mass is 35.5. The minimum Gasteiger partial charge on any atom is -0.495 e. The molecule has 9 nitrogen and oxygen atoms in total. The topological polar surface area (TPSA) is 111 Å². The molecule has 0 aliphatic carbocycles. The van der Waals surface area contributed by atoms with Crippen LogP contribution in [0.3, 0.4) is 0 Å². The van der Waals surface area contributed by atoms with Crippen LogP contribution < -0.4 is 15.6 Å². The van der Waals surface area contributed by atoms with Crippen LogP contribution in [0.1, 0.15) is 19.3 Å². The summed E-state index contributed by atoms with van der Waals surface area (Å²) >= 11 is 11.5. The summed E-state index contributed by atoms with van der Waals surface area (Å²) in [5.74, 6) is -0.407. The van der Waals surface area contributed by atoms with E-state index in [9.17, 15) is 18.0 Å². The minimum atomic E-state index is -3.78. The summed E-state index contributed by atoms with van der Waals surface area (Å²) in [4.78, 5) is 24.4. The highest BCUT2D eigenvalue weighted by Gasteiger charge is 2.29. The fourth-order valence-corrected chi connectivity index (χ4v) is 5.06. The van der Waals surface area contributed by atoms with Crippen LogP contribution in [0, 0.1) is 0 Å². The molecule has 0 radical (unpaired) electrons. The van der Waals surface area contributed by atoms with Crippen molar-refractivity contribution in [2.24, 2.45) is 0 Å². The number of anilines is 1. The largest absolute Gasteiger partial charge is 0.495 e. The summed E-state index contributed by atoms with van der Waals surface area (Å²) in [6, 6.07) is 4.32. The van der Waals surface area contributed by atoms with Crippen molar-refractivity contribution >= 4 is 44.8 Å². The number of benzene rings is 1. The van der Waals surface area contributed by atoms with E-state index in [1.807, 2.05) is 0 Å². The van der Waals surface area contributed by atoms with Crippen LogP contribution in [0.15, 0.2) is 34.1 Å². The number of carbonyl (C=O) groups is 1. The molecule has 1 saturated heterocycles. The number of aromatic nitrogens is 2. The van der Waals surface area contributed by atoms with E-state index < -0.39 is 28.0 Å². The normalized spacial score (nSPS) is 15.0. The second-order valence-corrected chi connectivity index (χ2v) is 9.34. The molecule has 1 aliphatic heterocycles. The molecular weight excluding hydrogens is 455 g/mol. The molecule has 3 rings (SSSR count). The smallest absolute Gasteiger partial charge is 0.287 e. The van der Waals surface area contributed by atoms with Gasteiger partial charge in [-0.2, -0.15) is 9.40 Å². The number of amides is 1. The molecule has 1 aromatic carbocycles. The van der Waals surface area contributed by atoms with Gasteiger partial charge in [-0.1, -0.05) is 29.6 Å². The number of hydrogen-bond acceptors (Lipinski definition) is 6. The Morgan fingerprint density at radius 2 is 1.93 bits per heavy atom. The van der Waals surface area contributed by atoms with Gasteiger partial charge in [-0.05, 0) is 31.0 Å². The SMILES string of the molecule is COc1ccc(NC(=O)Cn2ncc(Cl)c(Cl)c2=O)cc1S(=O)(=O)N1CCCCC1. The average molecular weight is 475 g/mol. The Bertz CT molecular complexity index is 1110. The Hall–Kier alpha value is -2.14. The van der Waals surface area contributed by atoms with Crippen molar-refractivity contribution in [2.45, 2.75) is 30.7 Å². The van der Waals surface area contributed by atoms with Crippen molar-refractivity contribution in [1.82, 2.24) is 14.1 Å². The molecule has 0 unspecified atom stereocenters. The van der Waals surface area contributed by atoms with E-state index in [4.69, 9.17) is 27.9 Å². The summed E-state index contributed by atoms with van der Waals surface area (Å²) in [7, 11) is -2.40. The third kappa shape index (κ3) is 4.77. The fourth-order valence-electron chi connectivity index (χ4n) is 3.09. The highest BCUT2D eigenvalue weighted by molar-refractivity contribution is 7.89. The van der Waals surface area contributed by atoms with Gasteiger partial charge in [-0.15, -0.1) is 0 Å². The molecule has 0 atom stereocenters. The fraction of sp³-hybridized carbons (Fsp3) is 0.389. The first-order valence-electron chi connectivity index (χ1n) is 9.13. The van der Waals surface area contributed by atoms with E-state index in [2.05, 4.69) is 10.4 Å². The zero-order valence-electron chi connectivity index (χ0n) is 16.1. The van der Waals surface area contributed by atoms with Gasteiger partial charge in [0.2, 0.25) is 15.9 Å². The van der Waals surface area contributed by atoms with Gasteiger partial charge in [0.05, 0.1) is 18.3 Å². The number of nitrogens with one attached hydrogen (secondary N) is 1. The molecule has 2 heterocycles.